The molecular formula is C15H16N2O3S. The van der Waals surface area contributed by atoms with Crippen molar-refractivity contribution in [2.75, 3.05) is 12.8 Å². The lowest BCUT2D eigenvalue weighted by Crippen LogP contribution is -2.25. The van der Waals surface area contributed by atoms with E-state index in [2.05, 4.69) is 10.3 Å². The first-order valence-electron chi connectivity index (χ1n) is 6.44. The quantitative estimate of drug-likeness (QED) is 0.907. The number of rotatable bonds is 5. The molecule has 1 amide bonds. The Balaban J connectivity index is 1.98. The largest absolute Gasteiger partial charge is 0.352 e. The molecule has 0 aliphatic heterocycles. The summed E-state index contributed by atoms with van der Waals surface area (Å²) in [6, 6.07) is 9.78. The van der Waals surface area contributed by atoms with Crippen molar-refractivity contribution in [3.8, 4) is 0 Å². The fraction of sp³-hybridized carbons (Fsp3) is 0.200. The fourth-order valence-electron chi connectivity index (χ4n) is 1.84. The predicted octanol–water partition coefficient (Wildman–Crippen LogP) is 1.46. The van der Waals surface area contributed by atoms with Crippen molar-refractivity contribution in [1.29, 1.82) is 0 Å². The molecule has 110 valence electrons. The normalized spacial score (nSPS) is 11.1. The van der Waals surface area contributed by atoms with Crippen LogP contribution in [0.3, 0.4) is 0 Å². The number of sulfone groups is 1. The summed E-state index contributed by atoms with van der Waals surface area (Å²) in [5.74, 6) is -0.288. The number of hydrogen-bond donors (Lipinski definition) is 1. The van der Waals surface area contributed by atoms with Crippen molar-refractivity contribution < 1.29 is 13.2 Å². The number of hydrogen-bond acceptors (Lipinski definition) is 4. The second-order valence-corrected chi connectivity index (χ2v) is 6.68. The molecule has 6 heteroatoms. The topological polar surface area (TPSA) is 76.1 Å². The first-order chi connectivity index (χ1) is 9.97. The number of nitrogens with one attached hydrogen (secondary N) is 1. The number of carbonyl (C=O) groups is 1. The Kier molecular flexibility index (Phi) is 4.70. The Morgan fingerprint density at radius 2 is 2.05 bits per heavy atom. The summed E-state index contributed by atoms with van der Waals surface area (Å²) in [6.45, 7) is 0.466. The Hall–Kier alpha value is -2.21. The van der Waals surface area contributed by atoms with Gasteiger partial charge in [0, 0.05) is 30.8 Å². The molecule has 2 aromatic rings. The van der Waals surface area contributed by atoms with Crippen molar-refractivity contribution >= 4 is 15.7 Å². The summed E-state index contributed by atoms with van der Waals surface area (Å²) in [5.41, 5.74) is 1.37. The van der Waals surface area contributed by atoms with Gasteiger partial charge in [0.05, 0.1) is 4.90 Å². The molecule has 0 aliphatic carbocycles. The average Bonchev–Trinajstić information content (AvgIpc) is 2.47. The number of benzene rings is 1. The number of amides is 1. The van der Waals surface area contributed by atoms with E-state index in [-0.39, 0.29) is 10.8 Å². The van der Waals surface area contributed by atoms with Gasteiger partial charge in [-0.15, -0.1) is 0 Å². The maximum Gasteiger partial charge on any atom is 0.251 e. The highest BCUT2D eigenvalue weighted by Crippen LogP contribution is 2.11. The third-order valence-corrected chi connectivity index (χ3v) is 4.06. The molecule has 0 saturated heterocycles. The van der Waals surface area contributed by atoms with Crippen LogP contribution in [0.2, 0.25) is 0 Å². The molecule has 0 aliphatic rings. The van der Waals surface area contributed by atoms with E-state index in [9.17, 15) is 13.2 Å². The van der Waals surface area contributed by atoms with Gasteiger partial charge >= 0.3 is 0 Å². The number of aromatic nitrogens is 1. The van der Waals surface area contributed by atoms with E-state index < -0.39 is 9.84 Å². The van der Waals surface area contributed by atoms with Crippen molar-refractivity contribution in [1.82, 2.24) is 10.3 Å². The van der Waals surface area contributed by atoms with Crippen LogP contribution in [0.5, 0.6) is 0 Å². The molecule has 1 aromatic heterocycles. The maximum absolute atomic E-state index is 12.0. The van der Waals surface area contributed by atoms with Gasteiger partial charge in [-0.1, -0.05) is 12.1 Å². The highest BCUT2D eigenvalue weighted by molar-refractivity contribution is 7.90. The van der Waals surface area contributed by atoms with Gasteiger partial charge in [0.25, 0.3) is 5.91 Å². The lowest BCUT2D eigenvalue weighted by molar-refractivity contribution is 0.0954. The van der Waals surface area contributed by atoms with Crippen LogP contribution in [-0.4, -0.2) is 32.1 Å². The van der Waals surface area contributed by atoms with Crippen molar-refractivity contribution in [2.45, 2.75) is 11.3 Å². The van der Waals surface area contributed by atoms with Crippen LogP contribution in [0.15, 0.2) is 53.7 Å². The van der Waals surface area contributed by atoms with E-state index in [1.807, 2.05) is 12.1 Å². The molecule has 0 fully saturated rings. The molecule has 0 saturated carbocycles. The SMILES string of the molecule is CS(=O)(=O)c1cccc(C(=O)NCCc2cccnc2)c1. The number of nitrogens with zero attached hydrogens (tertiary/aromatic N) is 1. The monoisotopic (exact) mass is 304 g/mol. The van der Waals surface area contributed by atoms with E-state index in [4.69, 9.17) is 0 Å². The first kappa shape index (κ1) is 15.2. The first-order valence-corrected chi connectivity index (χ1v) is 8.33. The van der Waals surface area contributed by atoms with Crippen molar-refractivity contribution in [3.63, 3.8) is 0 Å². The Morgan fingerprint density at radius 1 is 1.24 bits per heavy atom. The zero-order valence-corrected chi connectivity index (χ0v) is 12.4. The van der Waals surface area contributed by atoms with Crippen LogP contribution in [0, 0.1) is 0 Å². The summed E-state index contributed by atoms with van der Waals surface area (Å²) in [6.07, 6.45) is 5.23. The number of pyridine rings is 1. The smallest absolute Gasteiger partial charge is 0.251 e. The molecular weight excluding hydrogens is 288 g/mol. The van der Waals surface area contributed by atoms with E-state index in [1.54, 1.807) is 24.5 Å². The molecule has 1 aromatic carbocycles. The summed E-state index contributed by atoms with van der Waals surface area (Å²) in [4.78, 5) is 16.1. The van der Waals surface area contributed by atoms with E-state index in [1.165, 1.54) is 12.1 Å². The van der Waals surface area contributed by atoms with Gasteiger partial charge in [0.2, 0.25) is 0 Å². The zero-order valence-electron chi connectivity index (χ0n) is 11.6. The molecule has 0 radical (unpaired) electrons. The van der Waals surface area contributed by atoms with Crippen LogP contribution in [0.4, 0.5) is 0 Å². The molecule has 2 rings (SSSR count). The lowest BCUT2D eigenvalue weighted by Gasteiger charge is -2.06. The summed E-state index contributed by atoms with van der Waals surface area (Å²) < 4.78 is 22.9. The van der Waals surface area contributed by atoms with Gasteiger partial charge in [-0.25, -0.2) is 8.42 Å². The fourth-order valence-corrected chi connectivity index (χ4v) is 2.50. The van der Waals surface area contributed by atoms with E-state index in [0.29, 0.717) is 18.5 Å². The van der Waals surface area contributed by atoms with Gasteiger partial charge in [0.15, 0.2) is 9.84 Å². The minimum absolute atomic E-state index is 0.141. The minimum Gasteiger partial charge on any atom is -0.352 e. The molecule has 0 atom stereocenters. The highest BCUT2D eigenvalue weighted by Gasteiger charge is 2.11. The minimum atomic E-state index is -3.31. The Bertz CT molecular complexity index is 728. The molecule has 5 nitrogen and oxygen atoms in total. The van der Waals surface area contributed by atoms with Crippen molar-refractivity contribution in [2.24, 2.45) is 0 Å². The van der Waals surface area contributed by atoms with Gasteiger partial charge in [-0.2, -0.15) is 0 Å². The van der Waals surface area contributed by atoms with Crippen LogP contribution in [0.1, 0.15) is 15.9 Å². The molecule has 21 heavy (non-hydrogen) atoms. The summed E-state index contributed by atoms with van der Waals surface area (Å²) in [7, 11) is -3.31. The number of carbonyl (C=O) groups excluding carboxylic acids is 1. The Morgan fingerprint density at radius 3 is 2.71 bits per heavy atom. The van der Waals surface area contributed by atoms with E-state index in [0.717, 1.165) is 11.8 Å². The van der Waals surface area contributed by atoms with Crippen molar-refractivity contribution in [3.05, 3.63) is 59.9 Å². The van der Waals surface area contributed by atoms with Gasteiger partial charge in [-0.05, 0) is 36.2 Å². The van der Waals surface area contributed by atoms with Gasteiger partial charge in [0.1, 0.15) is 0 Å². The average molecular weight is 304 g/mol. The Labute approximate surface area is 124 Å². The molecule has 1 N–H and O–H groups in total. The third kappa shape index (κ3) is 4.39. The van der Waals surface area contributed by atoms with Gasteiger partial charge < -0.3 is 5.32 Å². The molecule has 0 spiro atoms. The van der Waals surface area contributed by atoms with Crippen LogP contribution >= 0.6 is 0 Å². The lowest BCUT2D eigenvalue weighted by atomic mass is 10.2. The summed E-state index contributed by atoms with van der Waals surface area (Å²) in [5, 5.41) is 2.76. The predicted molar refractivity (Wildman–Crippen MR) is 79.8 cm³/mol. The maximum atomic E-state index is 12.0. The standard InChI is InChI=1S/C15H16N2O3S/c1-21(19,20)14-6-2-5-13(10-14)15(18)17-9-7-12-4-3-8-16-11-12/h2-6,8,10-11H,7,9H2,1H3,(H,17,18). The third-order valence-electron chi connectivity index (χ3n) is 2.95. The second-order valence-electron chi connectivity index (χ2n) is 4.67. The van der Waals surface area contributed by atoms with Gasteiger partial charge in [-0.3, -0.25) is 9.78 Å². The van der Waals surface area contributed by atoms with Crippen LogP contribution in [-0.2, 0) is 16.3 Å². The van der Waals surface area contributed by atoms with E-state index >= 15 is 0 Å². The van der Waals surface area contributed by atoms with Crippen LogP contribution in [0.25, 0.3) is 0 Å². The zero-order chi connectivity index (χ0) is 15.3. The highest BCUT2D eigenvalue weighted by atomic mass is 32.2. The second kappa shape index (κ2) is 6.49. The molecule has 0 bridgehead atoms. The molecule has 1 heterocycles. The summed E-state index contributed by atoms with van der Waals surface area (Å²) >= 11 is 0. The van der Waals surface area contributed by atoms with Crippen LogP contribution < -0.4 is 5.32 Å². The molecule has 0 unspecified atom stereocenters.